The third kappa shape index (κ3) is 2.45. The number of anilines is 1. The monoisotopic (exact) mass is 340 g/mol. The first-order valence-electron chi connectivity index (χ1n) is 8.51. The molecule has 7 nitrogen and oxygen atoms in total. The summed E-state index contributed by atoms with van der Waals surface area (Å²) < 4.78 is 5.28. The zero-order chi connectivity index (χ0) is 17.6. The zero-order valence-corrected chi connectivity index (χ0v) is 14.0. The van der Waals surface area contributed by atoms with Gasteiger partial charge in [0.15, 0.2) is 0 Å². The van der Waals surface area contributed by atoms with E-state index in [1.54, 1.807) is 4.90 Å². The fourth-order valence-electron chi connectivity index (χ4n) is 4.21. The Morgan fingerprint density at radius 3 is 2.68 bits per heavy atom. The molecule has 0 bridgehead atoms. The van der Waals surface area contributed by atoms with Crippen LogP contribution in [0.25, 0.3) is 0 Å². The number of nitriles is 1. The van der Waals surface area contributed by atoms with E-state index in [0.717, 1.165) is 24.3 Å². The summed E-state index contributed by atoms with van der Waals surface area (Å²) in [7, 11) is 0. The minimum absolute atomic E-state index is 0.148. The predicted octanol–water partition coefficient (Wildman–Crippen LogP) is 0.758. The summed E-state index contributed by atoms with van der Waals surface area (Å²) in [5.41, 5.74) is 1.40. The molecule has 3 aliphatic rings. The molecule has 1 aliphatic carbocycles. The molecule has 7 heteroatoms. The van der Waals surface area contributed by atoms with Crippen LogP contribution in [0.2, 0.25) is 0 Å². The Balaban J connectivity index is 1.47. The highest BCUT2D eigenvalue weighted by molar-refractivity contribution is 5.89. The largest absolute Gasteiger partial charge is 0.442 e. The van der Waals surface area contributed by atoms with Crippen LogP contribution in [0.5, 0.6) is 0 Å². The van der Waals surface area contributed by atoms with Crippen LogP contribution in [0.4, 0.5) is 10.5 Å². The molecule has 1 saturated carbocycles. The quantitative estimate of drug-likeness (QED) is 0.844. The van der Waals surface area contributed by atoms with Crippen LogP contribution in [0.1, 0.15) is 12.5 Å². The normalized spacial score (nSPS) is 32.7. The topological polar surface area (TPSA) is 94.5 Å². The van der Waals surface area contributed by atoms with Gasteiger partial charge in [-0.2, -0.15) is 5.26 Å². The third-order valence-electron chi connectivity index (χ3n) is 5.57. The number of benzene rings is 1. The van der Waals surface area contributed by atoms with E-state index in [-0.39, 0.29) is 17.4 Å². The maximum atomic E-state index is 12.1. The molecule has 130 valence electrons. The standard InChI is InChI=1S/C18H20N4O3/c1-11(23)21-6-14-9-22(17(24)25-14)13-4-2-12(3-5-13)18(10-19)15-7-20-8-16(15)18/h2-5,14-16,20H,6-9H2,1H3,(H,21,23)/t14-,15-,16+,18?/m0/s1. The van der Waals surface area contributed by atoms with Gasteiger partial charge in [-0.05, 0) is 17.7 Å². The van der Waals surface area contributed by atoms with Gasteiger partial charge in [-0.15, -0.1) is 0 Å². The van der Waals surface area contributed by atoms with Crippen LogP contribution < -0.4 is 15.5 Å². The molecular formula is C18H20N4O3. The van der Waals surface area contributed by atoms with Gasteiger partial charge in [-0.3, -0.25) is 9.69 Å². The van der Waals surface area contributed by atoms with E-state index in [4.69, 9.17) is 4.74 Å². The average Bonchev–Trinajstić information content (AvgIpc) is 2.95. The lowest BCUT2D eigenvalue weighted by Crippen LogP contribution is -2.33. The van der Waals surface area contributed by atoms with Gasteiger partial charge in [0.1, 0.15) is 6.10 Å². The molecule has 4 rings (SSSR count). The number of amides is 2. The Kier molecular flexibility index (Phi) is 3.65. The molecule has 2 amide bonds. The molecular weight excluding hydrogens is 320 g/mol. The Morgan fingerprint density at radius 2 is 2.08 bits per heavy atom. The number of hydrogen-bond donors (Lipinski definition) is 2. The zero-order valence-electron chi connectivity index (χ0n) is 14.0. The van der Waals surface area contributed by atoms with Crippen molar-refractivity contribution in [3.63, 3.8) is 0 Å². The fourth-order valence-corrected chi connectivity index (χ4v) is 4.21. The first-order valence-corrected chi connectivity index (χ1v) is 8.51. The summed E-state index contributed by atoms with van der Waals surface area (Å²) >= 11 is 0. The minimum Gasteiger partial charge on any atom is -0.442 e. The van der Waals surface area contributed by atoms with Crippen LogP contribution >= 0.6 is 0 Å². The Labute approximate surface area is 145 Å². The molecule has 0 radical (unpaired) electrons. The van der Waals surface area contributed by atoms with E-state index in [2.05, 4.69) is 16.7 Å². The summed E-state index contributed by atoms with van der Waals surface area (Å²) in [6.45, 7) is 3.92. The molecule has 25 heavy (non-hydrogen) atoms. The molecule has 3 fully saturated rings. The van der Waals surface area contributed by atoms with Crippen molar-refractivity contribution in [2.45, 2.75) is 18.4 Å². The smallest absolute Gasteiger partial charge is 0.414 e. The lowest BCUT2D eigenvalue weighted by Gasteiger charge is -2.17. The maximum absolute atomic E-state index is 12.1. The molecule has 2 saturated heterocycles. The fraction of sp³-hybridized carbons (Fsp3) is 0.500. The highest BCUT2D eigenvalue weighted by atomic mass is 16.6. The van der Waals surface area contributed by atoms with Crippen molar-refractivity contribution in [1.82, 2.24) is 10.6 Å². The SMILES string of the molecule is CC(=O)NC[C@H]1CN(c2ccc(C3(C#N)[C@@H]4CNC[C@@H]43)cc2)C(=O)O1. The van der Waals surface area contributed by atoms with E-state index in [0.29, 0.717) is 24.9 Å². The molecule has 2 heterocycles. The number of fused-ring (bicyclic) bond motifs is 1. The Morgan fingerprint density at radius 1 is 1.40 bits per heavy atom. The molecule has 1 aromatic carbocycles. The first kappa shape index (κ1) is 15.9. The van der Waals surface area contributed by atoms with E-state index < -0.39 is 6.09 Å². The second-order valence-corrected chi connectivity index (χ2v) is 6.95. The van der Waals surface area contributed by atoms with Gasteiger partial charge in [-0.1, -0.05) is 12.1 Å². The van der Waals surface area contributed by atoms with E-state index in [9.17, 15) is 14.9 Å². The third-order valence-corrected chi connectivity index (χ3v) is 5.57. The number of hydrogen-bond acceptors (Lipinski definition) is 5. The number of cyclic esters (lactones) is 1. The Bertz CT molecular complexity index is 745. The predicted molar refractivity (Wildman–Crippen MR) is 89.9 cm³/mol. The van der Waals surface area contributed by atoms with Crippen LogP contribution in [0.15, 0.2) is 24.3 Å². The van der Waals surface area contributed by atoms with E-state index in [1.165, 1.54) is 6.92 Å². The van der Waals surface area contributed by atoms with Crippen molar-refractivity contribution in [1.29, 1.82) is 5.26 Å². The lowest BCUT2D eigenvalue weighted by molar-refractivity contribution is -0.119. The van der Waals surface area contributed by atoms with Crippen LogP contribution in [0, 0.1) is 23.2 Å². The average molecular weight is 340 g/mol. The number of carbonyl (C=O) groups is 2. The van der Waals surface area contributed by atoms with Crippen LogP contribution in [-0.4, -0.2) is 44.3 Å². The summed E-state index contributed by atoms with van der Waals surface area (Å²) in [4.78, 5) is 24.6. The number of piperidine rings is 1. The van der Waals surface area contributed by atoms with Gasteiger partial charge in [0, 0.05) is 37.5 Å². The van der Waals surface area contributed by atoms with Gasteiger partial charge < -0.3 is 15.4 Å². The number of rotatable bonds is 4. The van der Waals surface area contributed by atoms with Crippen molar-refractivity contribution in [2.75, 3.05) is 31.1 Å². The molecule has 2 N–H and O–H groups in total. The van der Waals surface area contributed by atoms with Gasteiger partial charge in [-0.25, -0.2) is 4.79 Å². The van der Waals surface area contributed by atoms with Crippen LogP contribution in [0.3, 0.4) is 0 Å². The molecule has 1 unspecified atom stereocenters. The van der Waals surface area contributed by atoms with Crippen LogP contribution in [-0.2, 0) is 14.9 Å². The maximum Gasteiger partial charge on any atom is 0.414 e. The van der Waals surface area contributed by atoms with E-state index >= 15 is 0 Å². The number of ether oxygens (including phenoxy) is 1. The number of nitrogens with one attached hydrogen (secondary N) is 2. The highest BCUT2D eigenvalue weighted by Crippen LogP contribution is 2.61. The van der Waals surface area contributed by atoms with Gasteiger partial charge >= 0.3 is 6.09 Å². The lowest BCUT2D eigenvalue weighted by atomic mass is 9.92. The molecule has 2 aliphatic heterocycles. The summed E-state index contributed by atoms with van der Waals surface area (Å²) in [6, 6.07) is 10.2. The van der Waals surface area contributed by atoms with Crippen molar-refractivity contribution >= 4 is 17.7 Å². The van der Waals surface area contributed by atoms with Gasteiger partial charge in [0.25, 0.3) is 0 Å². The van der Waals surface area contributed by atoms with E-state index in [1.807, 2.05) is 24.3 Å². The molecule has 4 atom stereocenters. The summed E-state index contributed by atoms with van der Waals surface area (Å²) in [6.07, 6.45) is -0.763. The second-order valence-electron chi connectivity index (χ2n) is 6.95. The minimum atomic E-state index is -0.411. The summed E-state index contributed by atoms with van der Waals surface area (Å²) in [5, 5.41) is 15.7. The number of carbonyl (C=O) groups excluding carboxylic acids is 2. The number of nitrogens with zero attached hydrogens (tertiary/aromatic N) is 2. The molecule has 0 aromatic heterocycles. The molecule has 0 spiro atoms. The Hall–Kier alpha value is -2.59. The second kappa shape index (κ2) is 5.74. The first-order chi connectivity index (χ1) is 12.1. The van der Waals surface area contributed by atoms with Crippen molar-refractivity contribution < 1.29 is 14.3 Å². The van der Waals surface area contributed by atoms with Crippen molar-refractivity contribution in [3.05, 3.63) is 29.8 Å². The summed E-state index contributed by atoms with van der Waals surface area (Å²) in [5.74, 6) is 0.634. The van der Waals surface area contributed by atoms with Gasteiger partial charge in [0.05, 0.1) is 24.6 Å². The highest BCUT2D eigenvalue weighted by Gasteiger charge is 2.68. The van der Waals surface area contributed by atoms with Gasteiger partial charge in [0.2, 0.25) is 5.91 Å². The van der Waals surface area contributed by atoms with Crippen molar-refractivity contribution in [2.24, 2.45) is 11.8 Å². The molecule has 1 aromatic rings. The van der Waals surface area contributed by atoms with Crippen molar-refractivity contribution in [3.8, 4) is 6.07 Å².